The van der Waals surface area contributed by atoms with Crippen molar-refractivity contribution in [1.29, 1.82) is 5.41 Å². The number of allylic oxidation sites excluding steroid dienone is 1. The summed E-state index contributed by atoms with van der Waals surface area (Å²) in [6, 6.07) is 0. The molecule has 110 valence electrons. The summed E-state index contributed by atoms with van der Waals surface area (Å²) in [4.78, 5) is 17.0. The highest BCUT2D eigenvalue weighted by molar-refractivity contribution is 5.97. The van der Waals surface area contributed by atoms with Crippen molar-refractivity contribution in [3.63, 3.8) is 0 Å². The lowest BCUT2D eigenvalue weighted by atomic mass is 9.96. The van der Waals surface area contributed by atoms with E-state index < -0.39 is 18.5 Å². The highest BCUT2D eigenvalue weighted by Crippen LogP contribution is 2.23. The summed E-state index contributed by atoms with van der Waals surface area (Å²) in [5.74, 6) is -1.03. The van der Waals surface area contributed by atoms with Gasteiger partial charge in [-0.2, -0.15) is 13.2 Å². The van der Waals surface area contributed by atoms with Crippen LogP contribution in [-0.2, 0) is 4.79 Å². The fourth-order valence-electron chi connectivity index (χ4n) is 1.73. The molecule has 1 N–H and O–H groups in total. The van der Waals surface area contributed by atoms with Crippen molar-refractivity contribution < 1.29 is 18.0 Å². The van der Waals surface area contributed by atoms with Gasteiger partial charge in [-0.25, -0.2) is 0 Å². The number of nitrogens with zero attached hydrogens (tertiary/aromatic N) is 2. The van der Waals surface area contributed by atoms with Gasteiger partial charge in [0.15, 0.2) is 0 Å². The predicted octanol–water partition coefficient (Wildman–Crippen LogP) is 2.58. The van der Waals surface area contributed by atoms with E-state index in [4.69, 9.17) is 5.41 Å². The van der Waals surface area contributed by atoms with E-state index in [1.165, 1.54) is 19.2 Å². The number of amides is 1. The van der Waals surface area contributed by atoms with Gasteiger partial charge in [0.25, 0.3) is 0 Å². The number of carbonyl (C=O) groups is 1. The standard InChI is InChI=1S/C13H16F3N3O/c1-9-5-6-18-10(7-13(14,15)16)3-4-11(9)12(20)19(2)8-17/h3-5,8,11,17H,6-7H2,1-2H3/b4-3+,9-5?,17-8?,18-10?. The molecule has 1 rings (SSSR count). The molecule has 0 aliphatic carbocycles. The molecule has 1 unspecified atom stereocenters. The molecule has 0 bridgehead atoms. The number of hydrogen-bond donors (Lipinski definition) is 1. The second kappa shape index (κ2) is 6.49. The Morgan fingerprint density at radius 1 is 1.60 bits per heavy atom. The lowest BCUT2D eigenvalue weighted by molar-refractivity contribution is -0.127. The Kier molecular flexibility index (Phi) is 5.24. The number of carbonyl (C=O) groups excluding carboxylic acids is 1. The lowest BCUT2D eigenvalue weighted by Gasteiger charge is -2.19. The second-order valence-electron chi connectivity index (χ2n) is 4.49. The summed E-state index contributed by atoms with van der Waals surface area (Å²) >= 11 is 0. The molecule has 0 aromatic heterocycles. The third-order valence-electron chi connectivity index (χ3n) is 2.87. The van der Waals surface area contributed by atoms with Gasteiger partial charge in [0, 0.05) is 12.8 Å². The summed E-state index contributed by atoms with van der Waals surface area (Å²) in [6.45, 7) is 1.83. The summed E-state index contributed by atoms with van der Waals surface area (Å²) in [5.41, 5.74) is 0.603. The fourth-order valence-corrected chi connectivity index (χ4v) is 1.73. The van der Waals surface area contributed by atoms with Crippen molar-refractivity contribution in [3.05, 3.63) is 23.8 Å². The minimum atomic E-state index is -4.33. The van der Waals surface area contributed by atoms with Crippen molar-refractivity contribution in [2.75, 3.05) is 13.6 Å². The van der Waals surface area contributed by atoms with Crippen molar-refractivity contribution in [3.8, 4) is 0 Å². The number of aliphatic imine (C=N–C) groups is 1. The van der Waals surface area contributed by atoms with E-state index in [9.17, 15) is 18.0 Å². The smallest absolute Gasteiger partial charge is 0.306 e. The van der Waals surface area contributed by atoms with E-state index in [1.807, 2.05) is 0 Å². The first-order chi connectivity index (χ1) is 9.24. The quantitative estimate of drug-likeness (QED) is 0.484. The van der Waals surface area contributed by atoms with Gasteiger partial charge in [-0.1, -0.05) is 17.7 Å². The summed E-state index contributed by atoms with van der Waals surface area (Å²) < 4.78 is 37.1. The predicted molar refractivity (Wildman–Crippen MR) is 70.9 cm³/mol. The van der Waals surface area contributed by atoms with E-state index in [0.29, 0.717) is 5.57 Å². The highest BCUT2D eigenvalue weighted by atomic mass is 19.4. The molecule has 0 saturated carbocycles. The Labute approximate surface area is 115 Å². The van der Waals surface area contributed by atoms with Gasteiger partial charge in [-0.15, -0.1) is 0 Å². The zero-order valence-electron chi connectivity index (χ0n) is 11.2. The van der Waals surface area contributed by atoms with Gasteiger partial charge < -0.3 is 4.90 Å². The lowest BCUT2D eigenvalue weighted by Crippen LogP contribution is -2.31. The van der Waals surface area contributed by atoms with Gasteiger partial charge in [0.1, 0.15) is 0 Å². The molecule has 0 aromatic carbocycles. The third kappa shape index (κ3) is 4.64. The Hall–Kier alpha value is -1.92. The monoisotopic (exact) mass is 287 g/mol. The van der Waals surface area contributed by atoms with Gasteiger partial charge >= 0.3 is 6.18 Å². The number of nitrogens with one attached hydrogen (secondary N) is 1. The van der Waals surface area contributed by atoms with Gasteiger partial charge in [0.2, 0.25) is 5.91 Å². The third-order valence-corrected chi connectivity index (χ3v) is 2.87. The van der Waals surface area contributed by atoms with Gasteiger partial charge in [0.05, 0.1) is 25.2 Å². The maximum atomic E-state index is 12.4. The molecule has 1 aliphatic rings. The number of hydrogen-bond acceptors (Lipinski definition) is 3. The van der Waals surface area contributed by atoms with E-state index in [2.05, 4.69) is 4.99 Å². The summed E-state index contributed by atoms with van der Waals surface area (Å²) in [6.07, 6.45) is -0.306. The highest BCUT2D eigenvalue weighted by Gasteiger charge is 2.29. The molecule has 0 aromatic rings. The first kappa shape index (κ1) is 16.1. The molecule has 1 atom stereocenters. The summed E-state index contributed by atoms with van der Waals surface area (Å²) in [5, 5.41) is 7.04. The van der Waals surface area contributed by atoms with Gasteiger partial charge in [-0.3, -0.25) is 15.2 Å². The van der Waals surface area contributed by atoms with Crippen molar-refractivity contribution in [1.82, 2.24) is 4.90 Å². The van der Waals surface area contributed by atoms with Crippen LogP contribution < -0.4 is 0 Å². The van der Waals surface area contributed by atoms with Crippen LogP contribution in [0.25, 0.3) is 0 Å². The average Bonchev–Trinajstić information content (AvgIpc) is 2.33. The van der Waals surface area contributed by atoms with Crippen LogP contribution in [0.1, 0.15) is 13.3 Å². The molecule has 0 saturated heterocycles. The Bertz CT molecular complexity index is 478. The molecule has 1 aliphatic heterocycles. The van der Waals surface area contributed by atoms with Crippen LogP contribution in [0.3, 0.4) is 0 Å². The van der Waals surface area contributed by atoms with E-state index in [-0.39, 0.29) is 18.2 Å². The van der Waals surface area contributed by atoms with Crippen LogP contribution >= 0.6 is 0 Å². The maximum Gasteiger partial charge on any atom is 0.394 e. The fraction of sp³-hybridized carbons (Fsp3) is 0.462. The average molecular weight is 287 g/mol. The Morgan fingerprint density at radius 2 is 2.25 bits per heavy atom. The first-order valence-corrected chi connectivity index (χ1v) is 5.97. The normalized spacial score (nSPS) is 21.1. The maximum absolute atomic E-state index is 12.4. The van der Waals surface area contributed by atoms with Crippen LogP contribution in [0.4, 0.5) is 13.2 Å². The van der Waals surface area contributed by atoms with E-state index in [1.54, 1.807) is 13.0 Å². The van der Waals surface area contributed by atoms with Crippen LogP contribution in [0, 0.1) is 11.3 Å². The van der Waals surface area contributed by atoms with Crippen LogP contribution in [0.15, 0.2) is 28.8 Å². The number of halogens is 3. The van der Waals surface area contributed by atoms with Crippen LogP contribution in [0.2, 0.25) is 0 Å². The SMILES string of the molecule is CC1=CCN=C(CC(F)(F)F)/C=C/C1C(=O)N(C)C=N. The zero-order chi connectivity index (χ0) is 15.3. The molecule has 4 nitrogen and oxygen atoms in total. The Balaban J connectivity index is 2.97. The number of rotatable bonds is 3. The molecule has 1 heterocycles. The van der Waals surface area contributed by atoms with Crippen molar-refractivity contribution >= 4 is 18.0 Å². The van der Waals surface area contributed by atoms with Gasteiger partial charge in [-0.05, 0) is 13.0 Å². The molecule has 0 radical (unpaired) electrons. The van der Waals surface area contributed by atoms with E-state index >= 15 is 0 Å². The minimum absolute atomic E-state index is 0.100. The molecule has 20 heavy (non-hydrogen) atoms. The molecule has 0 fully saturated rings. The van der Waals surface area contributed by atoms with Crippen molar-refractivity contribution in [2.45, 2.75) is 19.5 Å². The minimum Gasteiger partial charge on any atom is -0.306 e. The largest absolute Gasteiger partial charge is 0.394 e. The zero-order valence-corrected chi connectivity index (χ0v) is 11.2. The molecule has 1 amide bonds. The number of alkyl halides is 3. The Morgan fingerprint density at radius 3 is 2.80 bits per heavy atom. The van der Waals surface area contributed by atoms with Crippen LogP contribution in [0.5, 0.6) is 0 Å². The molecule has 0 spiro atoms. The molecular formula is C13H16F3N3O. The van der Waals surface area contributed by atoms with Crippen molar-refractivity contribution in [2.24, 2.45) is 10.9 Å². The molecular weight excluding hydrogens is 271 g/mol. The van der Waals surface area contributed by atoms with Crippen LogP contribution in [-0.4, -0.2) is 42.6 Å². The first-order valence-electron chi connectivity index (χ1n) is 5.97. The molecule has 7 heteroatoms. The topological polar surface area (TPSA) is 56.5 Å². The second-order valence-corrected chi connectivity index (χ2v) is 4.49. The summed E-state index contributed by atoms with van der Waals surface area (Å²) in [7, 11) is 1.43. The van der Waals surface area contributed by atoms with E-state index in [0.717, 1.165) is 11.2 Å².